The third-order valence-electron chi connectivity index (χ3n) is 4.23. The van der Waals surface area contributed by atoms with Crippen LogP contribution in [0.3, 0.4) is 0 Å². The minimum absolute atomic E-state index is 0.267. The summed E-state index contributed by atoms with van der Waals surface area (Å²) in [6.07, 6.45) is 0. The fourth-order valence-corrected chi connectivity index (χ4v) is 2.77. The van der Waals surface area contributed by atoms with Crippen LogP contribution < -0.4 is 15.4 Å². The summed E-state index contributed by atoms with van der Waals surface area (Å²) < 4.78 is 24.5. The Hall–Kier alpha value is -3.02. The molecule has 0 unspecified atom stereocenters. The van der Waals surface area contributed by atoms with Gasteiger partial charge in [-0.2, -0.15) is 0 Å². The van der Waals surface area contributed by atoms with Gasteiger partial charge in [0.2, 0.25) is 0 Å². The molecule has 0 amide bonds. The normalized spacial score (nSPS) is 11.6. The molecule has 0 spiro atoms. The Bertz CT molecular complexity index is 934. The molecule has 0 aliphatic heterocycles. The van der Waals surface area contributed by atoms with Gasteiger partial charge in [0, 0.05) is 24.5 Å². The molecule has 3 rings (SSSR count). The summed E-state index contributed by atoms with van der Waals surface area (Å²) in [5.74, 6) is 1.96. The number of ether oxygens (including phenoxy) is 1. The monoisotopic (exact) mass is 355 g/mol. The summed E-state index contributed by atoms with van der Waals surface area (Å²) in [5.41, 5.74) is 2.69. The number of methoxy groups -OCH3 is 1. The van der Waals surface area contributed by atoms with Crippen molar-refractivity contribution in [2.75, 3.05) is 14.2 Å². The molecule has 0 bridgehead atoms. The lowest BCUT2D eigenvalue weighted by Gasteiger charge is -2.12. The maximum absolute atomic E-state index is 13.4. The van der Waals surface area contributed by atoms with Crippen LogP contribution >= 0.6 is 0 Å². The van der Waals surface area contributed by atoms with Crippen LogP contribution in [0, 0.1) is 12.7 Å². The summed E-state index contributed by atoms with van der Waals surface area (Å²) in [5, 5.41) is 7.27. The van der Waals surface area contributed by atoms with E-state index in [0.717, 1.165) is 28.0 Å². The number of aliphatic imine (C=N–C) groups is 1. The Morgan fingerprint density at radius 2 is 1.96 bits per heavy atom. The van der Waals surface area contributed by atoms with Crippen LogP contribution in [0.15, 0.2) is 51.9 Å². The molecule has 26 heavy (non-hydrogen) atoms. The van der Waals surface area contributed by atoms with Gasteiger partial charge in [-0.05, 0) is 42.8 Å². The highest BCUT2D eigenvalue weighted by Gasteiger charge is 2.11. The van der Waals surface area contributed by atoms with Crippen molar-refractivity contribution in [1.29, 1.82) is 0 Å². The molecule has 0 fully saturated rings. The molecule has 3 aromatic rings. The zero-order valence-corrected chi connectivity index (χ0v) is 15.1. The topological polar surface area (TPSA) is 58.8 Å². The number of fused-ring (bicyclic) bond motifs is 1. The van der Waals surface area contributed by atoms with Crippen molar-refractivity contribution in [2.24, 2.45) is 4.99 Å². The largest absolute Gasteiger partial charge is 0.497 e. The molecule has 6 heteroatoms. The van der Waals surface area contributed by atoms with Gasteiger partial charge in [0.25, 0.3) is 0 Å². The van der Waals surface area contributed by atoms with Crippen molar-refractivity contribution in [2.45, 2.75) is 20.0 Å². The average molecular weight is 355 g/mol. The van der Waals surface area contributed by atoms with E-state index in [-0.39, 0.29) is 5.82 Å². The smallest absolute Gasteiger partial charge is 0.191 e. The molecular formula is C20H22FN3O2. The summed E-state index contributed by atoms with van der Waals surface area (Å²) >= 11 is 0. The fourth-order valence-electron chi connectivity index (χ4n) is 2.77. The predicted octanol–water partition coefficient (Wildman–Crippen LogP) is 3.75. The minimum atomic E-state index is -0.267. The third kappa shape index (κ3) is 3.96. The highest BCUT2D eigenvalue weighted by Crippen LogP contribution is 2.25. The SMILES string of the molecule is CN=C(NCc1cccc(OC)c1)NCc1oc2ccc(F)cc2c1C. The Kier molecular flexibility index (Phi) is 5.41. The maximum Gasteiger partial charge on any atom is 0.191 e. The molecule has 5 nitrogen and oxygen atoms in total. The van der Waals surface area contributed by atoms with Crippen molar-refractivity contribution < 1.29 is 13.5 Å². The van der Waals surface area contributed by atoms with Gasteiger partial charge in [0.15, 0.2) is 5.96 Å². The molecule has 0 saturated carbocycles. The molecule has 0 saturated heterocycles. The maximum atomic E-state index is 13.4. The van der Waals surface area contributed by atoms with E-state index < -0.39 is 0 Å². The van der Waals surface area contributed by atoms with E-state index in [1.54, 1.807) is 20.2 Å². The number of hydrogen-bond acceptors (Lipinski definition) is 3. The van der Waals surface area contributed by atoms with Crippen molar-refractivity contribution in [1.82, 2.24) is 10.6 Å². The van der Waals surface area contributed by atoms with Crippen LogP contribution in [0.5, 0.6) is 5.75 Å². The van der Waals surface area contributed by atoms with Crippen LogP contribution in [-0.4, -0.2) is 20.1 Å². The van der Waals surface area contributed by atoms with Crippen LogP contribution in [0.25, 0.3) is 11.0 Å². The first-order valence-electron chi connectivity index (χ1n) is 8.35. The lowest BCUT2D eigenvalue weighted by atomic mass is 10.1. The number of nitrogens with zero attached hydrogens (tertiary/aromatic N) is 1. The third-order valence-corrected chi connectivity index (χ3v) is 4.23. The molecular weight excluding hydrogens is 333 g/mol. The van der Waals surface area contributed by atoms with E-state index in [1.807, 2.05) is 31.2 Å². The second-order valence-electron chi connectivity index (χ2n) is 5.92. The number of hydrogen-bond donors (Lipinski definition) is 2. The van der Waals surface area contributed by atoms with Crippen molar-refractivity contribution >= 4 is 16.9 Å². The van der Waals surface area contributed by atoms with Crippen molar-refractivity contribution in [3.8, 4) is 5.75 Å². The zero-order chi connectivity index (χ0) is 18.5. The molecule has 2 aromatic carbocycles. The first-order valence-corrected chi connectivity index (χ1v) is 8.35. The predicted molar refractivity (Wildman–Crippen MR) is 101 cm³/mol. The van der Waals surface area contributed by atoms with Gasteiger partial charge in [0.1, 0.15) is 22.9 Å². The van der Waals surface area contributed by atoms with Gasteiger partial charge in [-0.15, -0.1) is 0 Å². The standard InChI is InChI=1S/C20H22FN3O2/c1-13-17-10-15(21)7-8-18(17)26-19(13)12-24-20(22-2)23-11-14-5-4-6-16(9-14)25-3/h4-10H,11-12H2,1-3H3,(H2,22,23,24). The quantitative estimate of drug-likeness (QED) is 0.540. The van der Waals surface area contributed by atoms with Gasteiger partial charge >= 0.3 is 0 Å². The summed E-state index contributed by atoms with van der Waals surface area (Å²) in [6.45, 7) is 3.00. The lowest BCUT2D eigenvalue weighted by Crippen LogP contribution is -2.36. The number of halogens is 1. The Labute approximate surface area is 151 Å². The van der Waals surface area contributed by atoms with E-state index in [9.17, 15) is 4.39 Å². The molecule has 0 radical (unpaired) electrons. The average Bonchev–Trinajstić information content (AvgIpc) is 2.97. The Balaban J connectivity index is 1.63. The zero-order valence-electron chi connectivity index (χ0n) is 15.1. The van der Waals surface area contributed by atoms with E-state index in [0.29, 0.717) is 24.6 Å². The van der Waals surface area contributed by atoms with E-state index in [2.05, 4.69) is 15.6 Å². The molecule has 2 N–H and O–H groups in total. The summed E-state index contributed by atoms with van der Waals surface area (Å²) in [6, 6.07) is 12.4. The number of rotatable bonds is 5. The highest BCUT2D eigenvalue weighted by molar-refractivity contribution is 5.83. The van der Waals surface area contributed by atoms with Crippen LogP contribution in [-0.2, 0) is 13.1 Å². The van der Waals surface area contributed by atoms with E-state index in [4.69, 9.17) is 9.15 Å². The lowest BCUT2D eigenvalue weighted by molar-refractivity contribution is 0.414. The Morgan fingerprint density at radius 1 is 1.15 bits per heavy atom. The van der Waals surface area contributed by atoms with Gasteiger partial charge in [0.05, 0.1) is 13.7 Å². The number of furan rings is 1. The number of benzene rings is 2. The number of nitrogens with one attached hydrogen (secondary N) is 2. The second-order valence-corrected chi connectivity index (χ2v) is 5.92. The van der Waals surface area contributed by atoms with Gasteiger partial charge in [-0.25, -0.2) is 4.39 Å². The molecule has 1 heterocycles. The number of aryl methyl sites for hydroxylation is 1. The minimum Gasteiger partial charge on any atom is -0.497 e. The van der Waals surface area contributed by atoms with Crippen LogP contribution in [0.4, 0.5) is 4.39 Å². The fraction of sp³-hybridized carbons (Fsp3) is 0.250. The highest BCUT2D eigenvalue weighted by atomic mass is 19.1. The molecule has 0 atom stereocenters. The molecule has 0 aliphatic rings. The molecule has 0 aliphatic carbocycles. The summed E-state index contributed by atoms with van der Waals surface area (Å²) in [7, 11) is 3.36. The van der Waals surface area contributed by atoms with E-state index >= 15 is 0 Å². The van der Waals surface area contributed by atoms with E-state index in [1.165, 1.54) is 12.1 Å². The molecule has 1 aromatic heterocycles. The van der Waals surface area contributed by atoms with Crippen LogP contribution in [0.1, 0.15) is 16.9 Å². The Morgan fingerprint density at radius 3 is 2.73 bits per heavy atom. The first-order chi connectivity index (χ1) is 12.6. The van der Waals surface area contributed by atoms with Gasteiger partial charge in [-0.1, -0.05) is 12.1 Å². The van der Waals surface area contributed by atoms with Crippen molar-refractivity contribution in [3.63, 3.8) is 0 Å². The van der Waals surface area contributed by atoms with Gasteiger partial charge in [-0.3, -0.25) is 4.99 Å². The van der Waals surface area contributed by atoms with Gasteiger partial charge < -0.3 is 19.8 Å². The summed E-state index contributed by atoms with van der Waals surface area (Å²) in [4.78, 5) is 4.22. The second kappa shape index (κ2) is 7.91. The first kappa shape index (κ1) is 17.8. The number of guanidine groups is 1. The van der Waals surface area contributed by atoms with Crippen LogP contribution in [0.2, 0.25) is 0 Å². The molecule has 136 valence electrons. The van der Waals surface area contributed by atoms with Crippen molar-refractivity contribution in [3.05, 3.63) is 65.2 Å².